The molecule has 1 aliphatic carbocycles. The molecular weight excluding hydrogens is 677 g/mol. The lowest BCUT2D eigenvalue weighted by molar-refractivity contribution is 0.299. The predicted octanol–water partition coefficient (Wildman–Crippen LogP) is 14.8. The number of aromatic nitrogens is 1. The van der Waals surface area contributed by atoms with Crippen LogP contribution in [0, 0.1) is 0 Å². The van der Waals surface area contributed by atoms with E-state index in [4.69, 9.17) is 0 Å². The molecule has 1 aliphatic rings. The number of rotatable bonds is 6. The van der Waals surface area contributed by atoms with Crippen molar-refractivity contribution in [2.45, 2.75) is 38.5 Å². The van der Waals surface area contributed by atoms with Gasteiger partial charge in [0.05, 0.1) is 16.7 Å². The van der Waals surface area contributed by atoms with Crippen LogP contribution in [0.15, 0.2) is 194 Å². The molecule has 9 aromatic rings. The van der Waals surface area contributed by atoms with Crippen LogP contribution in [0.25, 0.3) is 60.9 Å². The van der Waals surface area contributed by atoms with E-state index in [1.807, 2.05) is 0 Å². The maximum atomic E-state index is 2.48. The monoisotopic (exact) mass is 720 g/mol. The van der Waals surface area contributed by atoms with Crippen molar-refractivity contribution in [2.75, 3.05) is 4.90 Å². The highest BCUT2D eigenvalue weighted by molar-refractivity contribution is 6.16. The molecule has 0 amide bonds. The third kappa shape index (κ3) is 5.24. The predicted molar refractivity (Wildman–Crippen MR) is 238 cm³/mol. The molecular formula is C54H44N2. The largest absolute Gasteiger partial charge is 0.310 e. The van der Waals surface area contributed by atoms with Crippen LogP contribution in [0.5, 0.6) is 0 Å². The average molecular weight is 721 g/mol. The fourth-order valence-corrected chi connectivity index (χ4v) is 9.14. The lowest BCUT2D eigenvalue weighted by Gasteiger charge is -2.48. The first-order valence-corrected chi connectivity index (χ1v) is 19.7. The van der Waals surface area contributed by atoms with E-state index in [-0.39, 0.29) is 10.8 Å². The van der Waals surface area contributed by atoms with Gasteiger partial charge in [0.15, 0.2) is 0 Å². The highest BCUT2D eigenvalue weighted by Crippen LogP contribution is 2.56. The van der Waals surface area contributed by atoms with Crippen molar-refractivity contribution in [1.82, 2.24) is 4.57 Å². The van der Waals surface area contributed by atoms with Crippen LogP contribution in [0.3, 0.4) is 0 Å². The van der Waals surface area contributed by atoms with Gasteiger partial charge in [-0.05, 0) is 122 Å². The quantitative estimate of drug-likeness (QED) is 0.166. The van der Waals surface area contributed by atoms with Gasteiger partial charge in [-0.2, -0.15) is 0 Å². The van der Waals surface area contributed by atoms with Gasteiger partial charge in [0.2, 0.25) is 0 Å². The molecule has 0 N–H and O–H groups in total. The van der Waals surface area contributed by atoms with Crippen molar-refractivity contribution in [3.63, 3.8) is 0 Å². The number of anilines is 3. The van der Waals surface area contributed by atoms with Crippen LogP contribution in [-0.4, -0.2) is 4.57 Å². The SMILES string of the molecule is CC1(C)c2ccc(-c3cccc(-c4ccccc4)c3)cc2-c2ccc(N(c3ccccc3)c3cccc4c3c3ccccc3n4-c3ccccc3)cc2C1(C)C. The van der Waals surface area contributed by atoms with E-state index in [0.717, 1.165) is 22.7 Å². The van der Waals surface area contributed by atoms with Gasteiger partial charge >= 0.3 is 0 Å². The van der Waals surface area contributed by atoms with Gasteiger partial charge in [-0.3, -0.25) is 0 Å². The van der Waals surface area contributed by atoms with E-state index in [1.54, 1.807) is 0 Å². The minimum Gasteiger partial charge on any atom is -0.310 e. The van der Waals surface area contributed by atoms with Gasteiger partial charge in [-0.1, -0.05) is 155 Å². The van der Waals surface area contributed by atoms with Crippen molar-refractivity contribution in [3.05, 3.63) is 205 Å². The summed E-state index contributed by atoms with van der Waals surface area (Å²) in [5, 5.41) is 2.47. The normalized spacial score (nSPS) is 14.0. The maximum Gasteiger partial charge on any atom is 0.0562 e. The summed E-state index contributed by atoms with van der Waals surface area (Å²) in [7, 11) is 0. The van der Waals surface area contributed by atoms with Crippen LogP contribution < -0.4 is 4.90 Å². The molecule has 0 saturated heterocycles. The Labute approximate surface area is 330 Å². The van der Waals surface area contributed by atoms with E-state index in [2.05, 4.69) is 231 Å². The second kappa shape index (κ2) is 13.0. The Hall–Kier alpha value is -6.64. The first-order chi connectivity index (χ1) is 27.3. The molecule has 56 heavy (non-hydrogen) atoms. The molecule has 0 atom stereocenters. The standard InChI is InChI=1S/C54H44N2/c1-53(2)47-33-30-40(39-21-16-20-38(34-39)37-18-8-5-9-19-37)35-46(47)44-32-31-43(36-48(44)54(53,3)4)55(41-22-10-6-11-23-41)50-28-17-29-51-52(50)45-26-14-15-27-49(45)56(51)42-24-12-7-13-25-42/h5-36H,1-4H3. The summed E-state index contributed by atoms with van der Waals surface area (Å²) in [6.07, 6.45) is 0. The Morgan fingerprint density at radius 1 is 0.393 bits per heavy atom. The summed E-state index contributed by atoms with van der Waals surface area (Å²) in [6.45, 7) is 9.70. The molecule has 0 unspecified atom stereocenters. The van der Waals surface area contributed by atoms with Crippen LogP contribution in [0.2, 0.25) is 0 Å². The fourth-order valence-electron chi connectivity index (χ4n) is 9.14. The van der Waals surface area contributed by atoms with Crippen LogP contribution in [0.4, 0.5) is 17.1 Å². The van der Waals surface area contributed by atoms with Crippen LogP contribution in [0.1, 0.15) is 38.8 Å². The lowest BCUT2D eigenvalue weighted by Crippen LogP contribution is -2.43. The van der Waals surface area contributed by atoms with Crippen LogP contribution in [-0.2, 0) is 10.8 Å². The summed E-state index contributed by atoms with van der Waals surface area (Å²) in [6, 6.07) is 71.1. The van der Waals surface area contributed by atoms with E-state index < -0.39 is 0 Å². The first kappa shape index (κ1) is 33.9. The number of hydrogen-bond donors (Lipinski definition) is 0. The van der Waals surface area contributed by atoms with E-state index in [9.17, 15) is 0 Å². The molecule has 0 bridgehead atoms. The molecule has 10 rings (SSSR count). The number of hydrogen-bond acceptors (Lipinski definition) is 1. The first-order valence-electron chi connectivity index (χ1n) is 19.7. The molecule has 0 aliphatic heterocycles. The van der Waals surface area contributed by atoms with E-state index in [1.165, 1.54) is 66.3 Å². The number of fused-ring (bicyclic) bond motifs is 6. The van der Waals surface area contributed by atoms with Crippen molar-refractivity contribution < 1.29 is 0 Å². The molecule has 0 spiro atoms. The number of para-hydroxylation sites is 3. The van der Waals surface area contributed by atoms with Gasteiger partial charge in [0.25, 0.3) is 0 Å². The smallest absolute Gasteiger partial charge is 0.0562 e. The fraction of sp³-hybridized carbons (Fsp3) is 0.111. The zero-order valence-corrected chi connectivity index (χ0v) is 32.4. The Balaban J connectivity index is 1.17. The van der Waals surface area contributed by atoms with E-state index >= 15 is 0 Å². The van der Waals surface area contributed by atoms with Gasteiger partial charge < -0.3 is 9.47 Å². The molecule has 1 heterocycles. The van der Waals surface area contributed by atoms with E-state index in [0.29, 0.717) is 0 Å². The zero-order valence-electron chi connectivity index (χ0n) is 32.4. The Kier molecular flexibility index (Phi) is 7.87. The van der Waals surface area contributed by atoms with Crippen molar-refractivity contribution in [1.29, 1.82) is 0 Å². The average Bonchev–Trinajstić information content (AvgIpc) is 3.59. The molecule has 2 heteroatoms. The van der Waals surface area contributed by atoms with Gasteiger partial charge in [0.1, 0.15) is 0 Å². The minimum absolute atomic E-state index is 0.126. The molecule has 270 valence electrons. The topological polar surface area (TPSA) is 8.17 Å². The summed E-state index contributed by atoms with van der Waals surface area (Å²) in [5.41, 5.74) is 17.0. The van der Waals surface area contributed by atoms with Gasteiger partial charge in [0, 0.05) is 27.8 Å². The minimum atomic E-state index is -0.155. The zero-order chi connectivity index (χ0) is 38.0. The number of nitrogens with zero attached hydrogens (tertiary/aromatic N) is 2. The Bertz CT molecular complexity index is 2900. The maximum absolute atomic E-state index is 2.48. The highest BCUT2D eigenvalue weighted by Gasteiger charge is 2.46. The van der Waals surface area contributed by atoms with Crippen molar-refractivity contribution in [2.24, 2.45) is 0 Å². The highest BCUT2D eigenvalue weighted by atomic mass is 15.1. The molecule has 8 aromatic carbocycles. The molecule has 0 fully saturated rings. The number of benzene rings is 8. The van der Waals surface area contributed by atoms with Crippen LogP contribution >= 0.6 is 0 Å². The Morgan fingerprint density at radius 2 is 0.982 bits per heavy atom. The third-order valence-electron chi connectivity index (χ3n) is 12.7. The molecule has 0 saturated carbocycles. The molecule has 1 aromatic heterocycles. The molecule has 2 nitrogen and oxygen atoms in total. The van der Waals surface area contributed by atoms with Crippen molar-refractivity contribution >= 4 is 38.9 Å². The third-order valence-corrected chi connectivity index (χ3v) is 12.7. The second-order valence-electron chi connectivity index (χ2n) is 16.2. The van der Waals surface area contributed by atoms with Gasteiger partial charge in [-0.15, -0.1) is 0 Å². The summed E-state index contributed by atoms with van der Waals surface area (Å²) in [4.78, 5) is 2.47. The molecule has 0 radical (unpaired) electrons. The Morgan fingerprint density at radius 3 is 1.75 bits per heavy atom. The van der Waals surface area contributed by atoms with Gasteiger partial charge in [-0.25, -0.2) is 0 Å². The van der Waals surface area contributed by atoms with Crippen molar-refractivity contribution in [3.8, 4) is 39.1 Å². The summed E-state index contributed by atoms with van der Waals surface area (Å²) >= 11 is 0. The second-order valence-corrected chi connectivity index (χ2v) is 16.2. The lowest BCUT2D eigenvalue weighted by atomic mass is 9.55. The summed E-state index contributed by atoms with van der Waals surface area (Å²) < 4.78 is 2.40. The summed E-state index contributed by atoms with van der Waals surface area (Å²) in [5.74, 6) is 0.